The molecule has 160 valence electrons. The van der Waals surface area contributed by atoms with E-state index in [9.17, 15) is 4.39 Å². The Labute approximate surface area is 187 Å². The van der Waals surface area contributed by atoms with Crippen LogP contribution in [0.5, 0.6) is 0 Å². The largest absolute Gasteiger partial charge is 0.352 e. The summed E-state index contributed by atoms with van der Waals surface area (Å²) in [5.74, 6) is 0.849. The molecular formula is C25H27FN4S. The number of piperazine rings is 1. The second-order valence-electron chi connectivity index (χ2n) is 8.49. The van der Waals surface area contributed by atoms with Gasteiger partial charge in [0.05, 0.1) is 10.7 Å². The van der Waals surface area contributed by atoms with E-state index in [0.717, 1.165) is 66.7 Å². The Kier molecular flexibility index (Phi) is 5.59. The van der Waals surface area contributed by atoms with Crippen LogP contribution in [-0.4, -0.2) is 53.3 Å². The van der Waals surface area contributed by atoms with E-state index in [1.807, 2.05) is 6.07 Å². The highest BCUT2D eigenvalue weighted by atomic mass is 32.1. The molecule has 0 amide bonds. The molecule has 1 saturated heterocycles. The number of thiazole rings is 1. The number of hydrogen-bond donors (Lipinski definition) is 0. The maximum Gasteiger partial charge on any atom is 0.156 e. The Bertz CT molecular complexity index is 1120. The summed E-state index contributed by atoms with van der Waals surface area (Å²) in [6.45, 7) is 4.90. The molecule has 0 N–H and O–H groups in total. The first-order valence-corrected chi connectivity index (χ1v) is 11.7. The van der Waals surface area contributed by atoms with Crippen LogP contribution >= 0.6 is 11.3 Å². The summed E-state index contributed by atoms with van der Waals surface area (Å²) in [7, 11) is 2.19. The molecule has 6 heteroatoms. The molecule has 31 heavy (non-hydrogen) atoms. The summed E-state index contributed by atoms with van der Waals surface area (Å²) in [6.07, 6.45) is 2.75. The van der Waals surface area contributed by atoms with E-state index in [4.69, 9.17) is 9.98 Å². The predicted molar refractivity (Wildman–Crippen MR) is 125 cm³/mol. The van der Waals surface area contributed by atoms with Crippen molar-refractivity contribution in [3.63, 3.8) is 0 Å². The summed E-state index contributed by atoms with van der Waals surface area (Å²) >= 11 is 1.78. The summed E-state index contributed by atoms with van der Waals surface area (Å²) in [5.41, 5.74) is 4.42. The van der Waals surface area contributed by atoms with Gasteiger partial charge in [0, 0.05) is 37.0 Å². The molecule has 3 aromatic rings. The number of para-hydroxylation sites is 1. The molecule has 2 aliphatic rings. The van der Waals surface area contributed by atoms with Gasteiger partial charge in [-0.25, -0.2) is 14.4 Å². The first-order valence-electron chi connectivity index (χ1n) is 10.9. The molecular weight excluding hydrogens is 407 g/mol. The van der Waals surface area contributed by atoms with Crippen LogP contribution in [0.25, 0.3) is 0 Å². The zero-order valence-electron chi connectivity index (χ0n) is 18.0. The average Bonchev–Trinajstić information content (AvgIpc) is 3.05. The van der Waals surface area contributed by atoms with Gasteiger partial charge in [-0.2, -0.15) is 0 Å². The van der Waals surface area contributed by atoms with Crippen molar-refractivity contribution >= 4 is 22.9 Å². The number of nitrogens with zero attached hydrogens (tertiary/aromatic N) is 4. The number of rotatable bonds is 3. The van der Waals surface area contributed by atoms with Crippen molar-refractivity contribution in [1.82, 2.24) is 14.8 Å². The third-order valence-electron chi connectivity index (χ3n) is 6.32. The number of aromatic nitrogens is 1. The molecule has 5 rings (SSSR count). The fourth-order valence-corrected chi connectivity index (χ4v) is 5.52. The minimum atomic E-state index is -0.158. The summed E-state index contributed by atoms with van der Waals surface area (Å²) in [6, 6.07) is 15.8. The number of benzene rings is 2. The second-order valence-corrected chi connectivity index (χ2v) is 9.78. The number of fused-ring (bicyclic) bond motifs is 2. The normalized spacial score (nSPS) is 18.9. The molecule has 1 aromatic heterocycles. The highest BCUT2D eigenvalue weighted by Crippen LogP contribution is 2.33. The van der Waals surface area contributed by atoms with Crippen LogP contribution in [0.2, 0.25) is 0 Å². The quantitative estimate of drug-likeness (QED) is 0.592. The van der Waals surface area contributed by atoms with E-state index in [0.29, 0.717) is 6.04 Å². The Balaban J connectivity index is 1.41. The van der Waals surface area contributed by atoms with Gasteiger partial charge in [-0.05, 0) is 56.1 Å². The lowest BCUT2D eigenvalue weighted by atomic mass is 10.0. The third kappa shape index (κ3) is 4.27. The van der Waals surface area contributed by atoms with Crippen molar-refractivity contribution < 1.29 is 4.39 Å². The summed E-state index contributed by atoms with van der Waals surface area (Å²) < 4.78 is 13.6. The van der Waals surface area contributed by atoms with E-state index >= 15 is 0 Å². The maximum absolute atomic E-state index is 13.6. The fourth-order valence-electron chi connectivity index (χ4n) is 4.57. The number of halogens is 1. The molecule has 1 fully saturated rings. The van der Waals surface area contributed by atoms with Crippen LogP contribution in [0.15, 0.2) is 53.5 Å². The zero-order valence-corrected chi connectivity index (χ0v) is 18.8. The Morgan fingerprint density at radius 1 is 1.13 bits per heavy atom. The lowest BCUT2D eigenvalue weighted by Gasteiger charge is -2.40. The smallest absolute Gasteiger partial charge is 0.156 e. The average molecular weight is 435 g/mol. The molecule has 1 atom stereocenters. The zero-order chi connectivity index (χ0) is 21.4. The van der Waals surface area contributed by atoms with Crippen molar-refractivity contribution in [3.8, 4) is 0 Å². The number of aryl methyl sites for hydroxylation is 2. The Morgan fingerprint density at radius 2 is 2.00 bits per heavy atom. The van der Waals surface area contributed by atoms with Gasteiger partial charge in [-0.3, -0.25) is 4.90 Å². The topological polar surface area (TPSA) is 31.7 Å². The molecule has 0 radical (unpaired) electrons. The fraction of sp³-hybridized carbons (Fsp3) is 0.360. The van der Waals surface area contributed by atoms with Gasteiger partial charge in [0.25, 0.3) is 0 Å². The SMILES string of the molecule is Cc1nc2c(s1)Cc1ccccc1N=C2N1CCN(C)[C@@H](CCc2cccc(F)c2)C1. The van der Waals surface area contributed by atoms with Crippen molar-refractivity contribution in [2.24, 2.45) is 4.99 Å². The van der Waals surface area contributed by atoms with Crippen LogP contribution in [0, 0.1) is 12.7 Å². The van der Waals surface area contributed by atoms with Gasteiger partial charge in [-0.15, -0.1) is 11.3 Å². The van der Waals surface area contributed by atoms with Gasteiger partial charge >= 0.3 is 0 Å². The number of likely N-dealkylation sites (N-methyl/N-ethyl adjacent to an activating group) is 1. The highest BCUT2D eigenvalue weighted by molar-refractivity contribution is 7.11. The Morgan fingerprint density at radius 3 is 2.87 bits per heavy atom. The lowest BCUT2D eigenvalue weighted by Crippen LogP contribution is -2.53. The van der Waals surface area contributed by atoms with Crippen LogP contribution in [-0.2, 0) is 12.8 Å². The summed E-state index contributed by atoms with van der Waals surface area (Å²) in [5, 5.41) is 1.09. The van der Waals surface area contributed by atoms with E-state index < -0.39 is 0 Å². The molecule has 4 nitrogen and oxygen atoms in total. The molecule has 0 unspecified atom stereocenters. The third-order valence-corrected chi connectivity index (χ3v) is 7.29. The van der Waals surface area contributed by atoms with Gasteiger partial charge in [-0.1, -0.05) is 30.3 Å². The molecule has 0 aliphatic carbocycles. The monoisotopic (exact) mass is 434 g/mol. The highest BCUT2D eigenvalue weighted by Gasteiger charge is 2.30. The predicted octanol–water partition coefficient (Wildman–Crippen LogP) is 4.82. The van der Waals surface area contributed by atoms with Crippen LogP contribution in [0.3, 0.4) is 0 Å². The Hall–Kier alpha value is -2.57. The van der Waals surface area contributed by atoms with Gasteiger partial charge in [0.2, 0.25) is 0 Å². The van der Waals surface area contributed by atoms with Crippen molar-refractivity contribution in [1.29, 1.82) is 0 Å². The molecule has 0 spiro atoms. The molecule has 2 aliphatic heterocycles. The van der Waals surface area contributed by atoms with Crippen LogP contribution in [0.4, 0.5) is 10.1 Å². The van der Waals surface area contributed by atoms with E-state index in [2.05, 4.69) is 48.0 Å². The molecule has 3 heterocycles. The van der Waals surface area contributed by atoms with Crippen molar-refractivity contribution in [2.45, 2.75) is 32.2 Å². The van der Waals surface area contributed by atoms with Gasteiger partial charge in [0.1, 0.15) is 11.5 Å². The number of aliphatic imine (C=N–C) groups is 1. The first kappa shape index (κ1) is 20.3. The van der Waals surface area contributed by atoms with Crippen LogP contribution < -0.4 is 0 Å². The second kappa shape index (κ2) is 8.52. The molecule has 0 saturated carbocycles. The minimum Gasteiger partial charge on any atom is -0.352 e. The van der Waals surface area contributed by atoms with E-state index in [1.165, 1.54) is 16.5 Å². The molecule has 2 aromatic carbocycles. The first-order chi connectivity index (χ1) is 15.1. The van der Waals surface area contributed by atoms with Crippen molar-refractivity contribution in [3.05, 3.63) is 81.1 Å². The number of amidine groups is 1. The van der Waals surface area contributed by atoms with Gasteiger partial charge in [0.15, 0.2) is 5.84 Å². The summed E-state index contributed by atoms with van der Waals surface area (Å²) in [4.78, 5) is 16.2. The lowest BCUT2D eigenvalue weighted by molar-refractivity contribution is 0.134. The number of hydrogen-bond acceptors (Lipinski definition) is 5. The van der Waals surface area contributed by atoms with E-state index in [1.54, 1.807) is 23.5 Å². The molecule has 0 bridgehead atoms. The van der Waals surface area contributed by atoms with Gasteiger partial charge < -0.3 is 4.90 Å². The maximum atomic E-state index is 13.6. The standard InChI is InChI=1S/C25H27FN4S/c1-17-27-24-23(31-17)15-19-7-3-4-9-22(19)28-25(24)30-13-12-29(2)21(16-30)11-10-18-6-5-8-20(26)14-18/h3-9,14,21H,10-13,15-16H2,1-2H3/t21-/m0/s1. The van der Waals surface area contributed by atoms with E-state index in [-0.39, 0.29) is 5.82 Å². The minimum absolute atomic E-state index is 0.158. The van der Waals surface area contributed by atoms with Crippen LogP contribution in [0.1, 0.15) is 33.1 Å². The van der Waals surface area contributed by atoms with Crippen molar-refractivity contribution in [2.75, 3.05) is 26.7 Å².